The molecule has 3 N–H and O–H groups in total. The van der Waals surface area contributed by atoms with Gasteiger partial charge in [-0.05, 0) is 69.2 Å². The lowest BCUT2D eigenvalue weighted by atomic mass is 10.1. The quantitative estimate of drug-likeness (QED) is 0.626. The number of nitrogens with one attached hydrogen (secondary N) is 3. The molecule has 0 saturated carbocycles. The lowest BCUT2D eigenvalue weighted by Crippen LogP contribution is -2.40. The van der Waals surface area contributed by atoms with Crippen LogP contribution in [0.1, 0.15) is 32.8 Å². The molecule has 28 heavy (non-hydrogen) atoms. The number of sulfonamides is 1. The summed E-state index contributed by atoms with van der Waals surface area (Å²) < 4.78 is 27.2. The molecule has 0 aromatic heterocycles. The number of hydrogen-bond acceptors (Lipinski definition) is 4. The average molecular weight is 420 g/mol. The Labute approximate surface area is 171 Å². The molecule has 0 bridgehead atoms. The predicted molar refractivity (Wildman–Crippen MR) is 116 cm³/mol. The van der Waals surface area contributed by atoms with Crippen molar-refractivity contribution in [3.05, 3.63) is 60.2 Å². The maximum absolute atomic E-state index is 12.3. The zero-order valence-corrected chi connectivity index (χ0v) is 17.8. The summed E-state index contributed by atoms with van der Waals surface area (Å²) in [5, 5.41) is 5.68. The van der Waals surface area contributed by atoms with Crippen LogP contribution < -0.4 is 15.4 Å². The SMILES string of the molecule is CC(C)(C)NS(=O)(=O)c1ccc(NC(=S)NC(=O)CCc2ccccc2)cc1. The molecule has 0 spiro atoms. The summed E-state index contributed by atoms with van der Waals surface area (Å²) in [6.45, 7) is 5.33. The first-order valence-corrected chi connectivity index (χ1v) is 10.7. The molecule has 2 rings (SSSR count). The second kappa shape index (κ2) is 9.27. The lowest BCUT2D eigenvalue weighted by molar-refractivity contribution is -0.119. The van der Waals surface area contributed by atoms with Gasteiger partial charge >= 0.3 is 0 Å². The van der Waals surface area contributed by atoms with E-state index in [-0.39, 0.29) is 15.9 Å². The maximum Gasteiger partial charge on any atom is 0.241 e. The largest absolute Gasteiger partial charge is 0.332 e. The number of benzene rings is 2. The summed E-state index contributed by atoms with van der Waals surface area (Å²) in [5.74, 6) is -0.185. The number of rotatable bonds is 6. The number of thiocarbonyl (C=S) groups is 1. The lowest BCUT2D eigenvalue weighted by Gasteiger charge is -2.20. The topological polar surface area (TPSA) is 87.3 Å². The molecule has 0 atom stereocenters. The maximum atomic E-state index is 12.3. The van der Waals surface area contributed by atoms with E-state index in [1.165, 1.54) is 12.1 Å². The third kappa shape index (κ3) is 7.38. The van der Waals surface area contributed by atoms with Gasteiger partial charge in [0.2, 0.25) is 15.9 Å². The van der Waals surface area contributed by atoms with E-state index in [1.807, 2.05) is 30.3 Å². The highest BCUT2D eigenvalue weighted by Crippen LogP contribution is 2.16. The van der Waals surface area contributed by atoms with E-state index in [0.717, 1.165) is 5.56 Å². The van der Waals surface area contributed by atoms with Crippen molar-refractivity contribution in [1.29, 1.82) is 0 Å². The zero-order chi connectivity index (χ0) is 20.8. The van der Waals surface area contributed by atoms with Crippen molar-refractivity contribution < 1.29 is 13.2 Å². The fourth-order valence-corrected chi connectivity index (χ4v) is 4.08. The van der Waals surface area contributed by atoms with Crippen molar-refractivity contribution in [2.45, 2.75) is 44.0 Å². The highest BCUT2D eigenvalue weighted by Gasteiger charge is 2.21. The Bertz CT molecular complexity index is 919. The molecule has 0 unspecified atom stereocenters. The number of hydrogen-bond donors (Lipinski definition) is 3. The molecule has 0 fully saturated rings. The van der Waals surface area contributed by atoms with Crippen molar-refractivity contribution in [3.8, 4) is 0 Å². The van der Waals surface area contributed by atoms with Gasteiger partial charge < -0.3 is 10.6 Å². The van der Waals surface area contributed by atoms with Gasteiger partial charge in [0, 0.05) is 17.6 Å². The fourth-order valence-electron chi connectivity index (χ4n) is 2.43. The molecule has 0 heterocycles. The van der Waals surface area contributed by atoms with Gasteiger partial charge in [-0.15, -0.1) is 0 Å². The van der Waals surface area contributed by atoms with Crippen LogP contribution in [0.3, 0.4) is 0 Å². The van der Waals surface area contributed by atoms with Crippen LogP contribution in [0.5, 0.6) is 0 Å². The summed E-state index contributed by atoms with van der Waals surface area (Å²) in [4.78, 5) is 12.2. The van der Waals surface area contributed by atoms with E-state index >= 15 is 0 Å². The Morgan fingerprint density at radius 1 is 1.00 bits per heavy atom. The van der Waals surface area contributed by atoms with E-state index in [9.17, 15) is 13.2 Å². The van der Waals surface area contributed by atoms with Crippen LogP contribution in [-0.4, -0.2) is 25.0 Å². The normalized spacial score (nSPS) is 11.7. The van der Waals surface area contributed by atoms with E-state index in [4.69, 9.17) is 12.2 Å². The number of carbonyl (C=O) groups excluding carboxylic acids is 1. The van der Waals surface area contributed by atoms with Crippen molar-refractivity contribution >= 4 is 38.9 Å². The fraction of sp³-hybridized carbons (Fsp3) is 0.300. The second-order valence-corrected chi connectivity index (χ2v) is 9.46. The number of carbonyl (C=O) groups is 1. The van der Waals surface area contributed by atoms with Gasteiger partial charge in [-0.2, -0.15) is 0 Å². The Hall–Kier alpha value is -2.29. The van der Waals surface area contributed by atoms with Gasteiger partial charge in [0.05, 0.1) is 4.90 Å². The first-order valence-electron chi connectivity index (χ1n) is 8.84. The van der Waals surface area contributed by atoms with E-state index < -0.39 is 15.6 Å². The van der Waals surface area contributed by atoms with E-state index in [2.05, 4.69) is 15.4 Å². The molecule has 0 radical (unpaired) electrons. The summed E-state index contributed by atoms with van der Waals surface area (Å²) >= 11 is 5.15. The van der Waals surface area contributed by atoms with Crippen LogP contribution in [0.15, 0.2) is 59.5 Å². The molecule has 2 aromatic rings. The Morgan fingerprint density at radius 2 is 1.61 bits per heavy atom. The van der Waals surface area contributed by atoms with E-state index in [0.29, 0.717) is 18.5 Å². The van der Waals surface area contributed by atoms with Gasteiger partial charge in [0.1, 0.15) is 0 Å². The molecule has 0 saturated heterocycles. The first-order chi connectivity index (χ1) is 13.0. The van der Waals surface area contributed by atoms with Crippen LogP contribution in [0.4, 0.5) is 5.69 Å². The first kappa shape index (κ1) is 22.0. The smallest absolute Gasteiger partial charge is 0.241 e. The van der Waals surface area contributed by atoms with Crippen molar-refractivity contribution in [2.24, 2.45) is 0 Å². The van der Waals surface area contributed by atoms with Gasteiger partial charge in [-0.3, -0.25) is 4.79 Å². The molecular formula is C20H25N3O3S2. The third-order valence-corrected chi connectivity index (χ3v) is 5.58. The average Bonchev–Trinajstić information content (AvgIpc) is 2.59. The summed E-state index contributed by atoms with van der Waals surface area (Å²) in [6.07, 6.45) is 0.949. The van der Waals surface area contributed by atoms with Crippen molar-refractivity contribution in [1.82, 2.24) is 10.0 Å². The molecule has 0 aliphatic rings. The summed E-state index contributed by atoms with van der Waals surface area (Å²) in [5.41, 5.74) is 1.10. The second-order valence-electron chi connectivity index (χ2n) is 7.37. The van der Waals surface area contributed by atoms with Gasteiger partial charge in [-0.1, -0.05) is 30.3 Å². The summed E-state index contributed by atoms with van der Waals surface area (Å²) in [7, 11) is -3.60. The standard InChI is InChI=1S/C20H25N3O3S2/c1-20(2,3)23-28(25,26)17-12-10-16(11-13-17)21-19(27)22-18(24)14-9-15-7-5-4-6-8-15/h4-8,10-13,23H,9,14H2,1-3H3,(H2,21,22,24,27). The highest BCUT2D eigenvalue weighted by molar-refractivity contribution is 7.89. The molecule has 150 valence electrons. The summed E-state index contributed by atoms with van der Waals surface area (Å²) in [6, 6.07) is 15.9. The van der Waals surface area contributed by atoms with Crippen molar-refractivity contribution in [3.63, 3.8) is 0 Å². The van der Waals surface area contributed by atoms with Gasteiger partial charge in [0.25, 0.3) is 0 Å². The molecule has 8 heteroatoms. The number of anilines is 1. The van der Waals surface area contributed by atoms with Crippen LogP contribution in [0, 0.1) is 0 Å². The van der Waals surface area contributed by atoms with Crippen LogP contribution in [0.25, 0.3) is 0 Å². The van der Waals surface area contributed by atoms with Gasteiger partial charge in [-0.25, -0.2) is 13.1 Å². The monoisotopic (exact) mass is 419 g/mol. The number of amides is 1. The van der Waals surface area contributed by atoms with E-state index in [1.54, 1.807) is 32.9 Å². The molecular weight excluding hydrogens is 394 g/mol. The minimum atomic E-state index is -3.60. The molecule has 0 aliphatic heterocycles. The zero-order valence-electron chi connectivity index (χ0n) is 16.2. The minimum Gasteiger partial charge on any atom is -0.332 e. The highest BCUT2D eigenvalue weighted by atomic mass is 32.2. The molecule has 1 amide bonds. The number of aryl methyl sites for hydroxylation is 1. The Morgan fingerprint density at radius 3 is 2.18 bits per heavy atom. The van der Waals surface area contributed by atoms with Crippen LogP contribution >= 0.6 is 12.2 Å². The van der Waals surface area contributed by atoms with Crippen LogP contribution in [-0.2, 0) is 21.2 Å². The molecule has 0 aliphatic carbocycles. The van der Waals surface area contributed by atoms with Gasteiger partial charge in [0.15, 0.2) is 5.11 Å². The molecule has 2 aromatic carbocycles. The van der Waals surface area contributed by atoms with Crippen LogP contribution in [0.2, 0.25) is 0 Å². The Balaban J connectivity index is 1.87. The molecule has 6 nitrogen and oxygen atoms in total. The minimum absolute atomic E-state index is 0.158. The Kier molecular flexibility index (Phi) is 7.29. The predicted octanol–water partition coefficient (Wildman–Crippen LogP) is 3.21. The van der Waals surface area contributed by atoms with Crippen molar-refractivity contribution in [2.75, 3.05) is 5.32 Å². The third-order valence-electron chi connectivity index (χ3n) is 3.60.